The van der Waals surface area contributed by atoms with Gasteiger partial charge >= 0.3 is 0 Å². The van der Waals surface area contributed by atoms with Crippen LogP contribution in [0.2, 0.25) is 0 Å². The van der Waals surface area contributed by atoms with Gasteiger partial charge in [-0.05, 0) is 13.8 Å². The third-order valence-corrected chi connectivity index (χ3v) is 2.55. The first-order chi connectivity index (χ1) is 7.61. The molecule has 0 atom stereocenters. The minimum absolute atomic E-state index is 0.126. The lowest BCUT2D eigenvalue weighted by molar-refractivity contribution is -0.130. The van der Waals surface area contributed by atoms with Crippen LogP contribution in [0.5, 0.6) is 0 Å². The Bertz CT molecular complexity index is 308. The van der Waals surface area contributed by atoms with Crippen LogP contribution in [0.15, 0.2) is 18.7 Å². The summed E-state index contributed by atoms with van der Waals surface area (Å²) in [7, 11) is 1.82. The molecule has 0 radical (unpaired) electrons. The number of amides is 1. The molecule has 5 heteroatoms. The van der Waals surface area contributed by atoms with E-state index in [0.29, 0.717) is 6.54 Å². The average Bonchev–Trinajstić information content (AvgIpc) is 2.75. The molecule has 1 N–H and O–H groups in total. The van der Waals surface area contributed by atoms with Crippen molar-refractivity contribution in [3.63, 3.8) is 0 Å². The van der Waals surface area contributed by atoms with Crippen molar-refractivity contribution in [3.05, 3.63) is 18.7 Å². The summed E-state index contributed by atoms with van der Waals surface area (Å²) in [5.41, 5.74) is 0. The van der Waals surface area contributed by atoms with Crippen LogP contribution in [0, 0.1) is 0 Å². The molecular weight excluding hydrogens is 204 g/mol. The second-order valence-corrected chi connectivity index (χ2v) is 4.08. The zero-order chi connectivity index (χ0) is 12.0. The SMILES string of the molecule is CC(C)N(C)C(=O)CNCCn1ccnc1. The van der Waals surface area contributed by atoms with Crippen LogP contribution in [-0.4, -0.2) is 46.5 Å². The number of nitrogens with zero attached hydrogens (tertiary/aromatic N) is 3. The smallest absolute Gasteiger partial charge is 0.236 e. The quantitative estimate of drug-likeness (QED) is 0.709. The van der Waals surface area contributed by atoms with Gasteiger partial charge in [0.15, 0.2) is 0 Å². The van der Waals surface area contributed by atoms with Crippen molar-refractivity contribution in [1.29, 1.82) is 0 Å². The van der Waals surface area contributed by atoms with E-state index in [-0.39, 0.29) is 11.9 Å². The number of carbonyl (C=O) groups is 1. The molecule has 0 bridgehead atoms. The number of carbonyl (C=O) groups excluding carboxylic acids is 1. The normalized spacial score (nSPS) is 10.8. The fraction of sp³-hybridized carbons (Fsp3) is 0.636. The molecule has 0 aliphatic heterocycles. The van der Waals surface area contributed by atoms with Gasteiger partial charge in [-0.25, -0.2) is 4.98 Å². The predicted octanol–water partition coefficient (Wildman–Crippen LogP) is 0.340. The molecule has 0 saturated heterocycles. The van der Waals surface area contributed by atoms with E-state index in [0.717, 1.165) is 13.1 Å². The summed E-state index contributed by atoms with van der Waals surface area (Å²) in [6, 6.07) is 0.253. The molecule has 0 unspecified atom stereocenters. The van der Waals surface area contributed by atoms with Crippen LogP contribution < -0.4 is 5.32 Å². The minimum atomic E-state index is 0.126. The number of imidazole rings is 1. The Kier molecular flexibility index (Phi) is 4.98. The second-order valence-electron chi connectivity index (χ2n) is 4.08. The van der Waals surface area contributed by atoms with Gasteiger partial charge in [-0.1, -0.05) is 0 Å². The fourth-order valence-electron chi connectivity index (χ4n) is 1.24. The summed E-state index contributed by atoms with van der Waals surface area (Å²) in [6.07, 6.45) is 5.42. The van der Waals surface area contributed by atoms with E-state index in [2.05, 4.69) is 10.3 Å². The molecule has 1 heterocycles. The molecule has 1 aromatic rings. The summed E-state index contributed by atoms with van der Waals surface area (Å²) >= 11 is 0. The van der Waals surface area contributed by atoms with Gasteiger partial charge < -0.3 is 14.8 Å². The maximum Gasteiger partial charge on any atom is 0.236 e. The molecule has 0 spiro atoms. The van der Waals surface area contributed by atoms with Crippen LogP contribution in [0.4, 0.5) is 0 Å². The number of nitrogens with one attached hydrogen (secondary N) is 1. The Morgan fingerprint density at radius 1 is 1.56 bits per heavy atom. The molecule has 0 aliphatic carbocycles. The van der Waals surface area contributed by atoms with E-state index in [4.69, 9.17) is 0 Å². The molecule has 1 amide bonds. The molecule has 5 nitrogen and oxygen atoms in total. The van der Waals surface area contributed by atoms with E-state index >= 15 is 0 Å². The van der Waals surface area contributed by atoms with Crippen molar-refractivity contribution in [2.45, 2.75) is 26.4 Å². The third-order valence-electron chi connectivity index (χ3n) is 2.55. The first-order valence-corrected chi connectivity index (χ1v) is 5.53. The van der Waals surface area contributed by atoms with E-state index in [1.165, 1.54) is 0 Å². The lowest BCUT2D eigenvalue weighted by Crippen LogP contribution is -2.40. The largest absolute Gasteiger partial charge is 0.342 e. The second kappa shape index (κ2) is 6.27. The molecule has 90 valence electrons. The topological polar surface area (TPSA) is 50.2 Å². The lowest BCUT2D eigenvalue weighted by atomic mass is 10.3. The lowest BCUT2D eigenvalue weighted by Gasteiger charge is -2.21. The van der Waals surface area contributed by atoms with Crippen molar-refractivity contribution in [1.82, 2.24) is 19.8 Å². The highest BCUT2D eigenvalue weighted by Crippen LogP contribution is 1.93. The summed E-state index contributed by atoms with van der Waals surface area (Å²) in [4.78, 5) is 17.3. The number of rotatable bonds is 6. The first kappa shape index (κ1) is 12.7. The molecule has 1 rings (SSSR count). The van der Waals surface area contributed by atoms with Gasteiger partial charge in [-0.15, -0.1) is 0 Å². The Morgan fingerprint density at radius 3 is 2.88 bits per heavy atom. The van der Waals surface area contributed by atoms with Gasteiger partial charge in [0.2, 0.25) is 5.91 Å². The Hall–Kier alpha value is -1.36. The van der Waals surface area contributed by atoms with E-state index in [1.807, 2.05) is 31.7 Å². The van der Waals surface area contributed by atoms with Gasteiger partial charge in [-0.3, -0.25) is 4.79 Å². The number of hydrogen-bond acceptors (Lipinski definition) is 3. The Balaban J connectivity index is 2.13. The maximum atomic E-state index is 11.6. The molecule has 0 aliphatic rings. The molecule has 16 heavy (non-hydrogen) atoms. The van der Waals surface area contributed by atoms with Crippen LogP contribution in [0.3, 0.4) is 0 Å². The van der Waals surface area contributed by atoms with E-state index < -0.39 is 0 Å². The molecule has 0 saturated carbocycles. The van der Waals surface area contributed by atoms with Crippen LogP contribution in [-0.2, 0) is 11.3 Å². The Morgan fingerprint density at radius 2 is 2.31 bits per heavy atom. The van der Waals surface area contributed by atoms with Crippen LogP contribution >= 0.6 is 0 Å². The summed E-state index contributed by atoms with van der Waals surface area (Å²) < 4.78 is 1.98. The maximum absolute atomic E-state index is 11.6. The highest BCUT2D eigenvalue weighted by molar-refractivity contribution is 5.78. The first-order valence-electron chi connectivity index (χ1n) is 5.53. The molecule has 0 aromatic carbocycles. The van der Waals surface area contributed by atoms with Gasteiger partial charge in [0.25, 0.3) is 0 Å². The van der Waals surface area contributed by atoms with Crippen molar-refractivity contribution >= 4 is 5.91 Å². The van der Waals surface area contributed by atoms with Gasteiger partial charge in [0.1, 0.15) is 0 Å². The Labute approximate surface area is 96.5 Å². The summed E-state index contributed by atoms with van der Waals surface area (Å²) in [5.74, 6) is 0.126. The molecule has 1 aromatic heterocycles. The molecular formula is C11H20N4O. The van der Waals surface area contributed by atoms with Crippen molar-refractivity contribution in [2.24, 2.45) is 0 Å². The van der Waals surface area contributed by atoms with Crippen molar-refractivity contribution < 1.29 is 4.79 Å². The monoisotopic (exact) mass is 224 g/mol. The van der Waals surface area contributed by atoms with Crippen LogP contribution in [0.1, 0.15) is 13.8 Å². The average molecular weight is 224 g/mol. The standard InChI is InChI=1S/C11H20N4O/c1-10(2)14(3)11(16)8-12-4-6-15-7-5-13-9-15/h5,7,9-10,12H,4,6,8H2,1-3H3. The zero-order valence-corrected chi connectivity index (χ0v) is 10.2. The van der Waals surface area contributed by atoms with E-state index in [1.54, 1.807) is 17.4 Å². The predicted molar refractivity (Wildman–Crippen MR) is 63.0 cm³/mol. The van der Waals surface area contributed by atoms with Gasteiger partial charge in [0, 0.05) is 38.6 Å². The minimum Gasteiger partial charge on any atom is -0.342 e. The summed E-state index contributed by atoms with van der Waals surface area (Å²) in [6.45, 7) is 6.00. The zero-order valence-electron chi connectivity index (χ0n) is 10.2. The third kappa shape index (κ3) is 4.02. The van der Waals surface area contributed by atoms with E-state index in [9.17, 15) is 4.79 Å². The van der Waals surface area contributed by atoms with Crippen molar-refractivity contribution in [2.75, 3.05) is 20.1 Å². The fourth-order valence-corrected chi connectivity index (χ4v) is 1.24. The van der Waals surface area contributed by atoms with Crippen LogP contribution in [0.25, 0.3) is 0 Å². The highest BCUT2D eigenvalue weighted by atomic mass is 16.2. The number of likely N-dealkylation sites (N-methyl/N-ethyl adjacent to an activating group) is 1. The highest BCUT2D eigenvalue weighted by Gasteiger charge is 2.10. The van der Waals surface area contributed by atoms with Crippen molar-refractivity contribution in [3.8, 4) is 0 Å². The van der Waals surface area contributed by atoms with Gasteiger partial charge in [0.05, 0.1) is 12.9 Å². The summed E-state index contributed by atoms with van der Waals surface area (Å²) in [5, 5.41) is 3.12. The van der Waals surface area contributed by atoms with Gasteiger partial charge in [-0.2, -0.15) is 0 Å². The molecule has 0 fully saturated rings. The number of hydrogen-bond donors (Lipinski definition) is 1. The number of aromatic nitrogens is 2.